The molecule has 1 aromatic heterocycles. The number of carboxylic acids is 1. The molecule has 110 valence electrons. The Balaban J connectivity index is 2.66. The Morgan fingerprint density at radius 2 is 2.14 bits per heavy atom. The van der Waals surface area contributed by atoms with Gasteiger partial charge in [0.2, 0.25) is 0 Å². The van der Waals surface area contributed by atoms with Crippen molar-refractivity contribution in [1.82, 2.24) is 9.78 Å². The van der Waals surface area contributed by atoms with E-state index in [0.29, 0.717) is 17.0 Å². The monoisotopic (exact) mass is 309 g/mol. The predicted octanol–water partition coefficient (Wildman–Crippen LogP) is 2.68. The van der Waals surface area contributed by atoms with Crippen LogP contribution in [0.2, 0.25) is 5.02 Å². The molecule has 0 unspecified atom stereocenters. The summed E-state index contributed by atoms with van der Waals surface area (Å²) in [6.45, 7) is 3.33. The first-order valence-electron chi connectivity index (χ1n) is 6.03. The number of aromatic nitrogens is 2. The van der Waals surface area contributed by atoms with E-state index in [4.69, 9.17) is 16.7 Å². The highest BCUT2D eigenvalue weighted by molar-refractivity contribution is 6.33. The third-order valence-corrected chi connectivity index (χ3v) is 3.45. The van der Waals surface area contributed by atoms with Crippen LogP contribution in [0.1, 0.15) is 17.0 Å². The molecular formula is C13H12ClN3O4. The van der Waals surface area contributed by atoms with E-state index in [0.717, 1.165) is 0 Å². The maximum Gasteiger partial charge on any atom is 0.313 e. The third-order valence-electron chi connectivity index (χ3n) is 3.15. The van der Waals surface area contributed by atoms with Crippen molar-refractivity contribution in [3.63, 3.8) is 0 Å². The van der Waals surface area contributed by atoms with Crippen LogP contribution in [0.15, 0.2) is 18.2 Å². The molecule has 0 saturated heterocycles. The minimum atomic E-state index is -0.985. The number of aryl methyl sites for hydroxylation is 1. The Morgan fingerprint density at radius 3 is 2.71 bits per heavy atom. The Morgan fingerprint density at radius 1 is 1.48 bits per heavy atom. The van der Waals surface area contributed by atoms with E-state index in [2.05, 4.69) is 5.10 Å². The standard InChI is InChI=1S/C13H12ClN3O4/c1-7-9(6-12(18)19)8(2)16(15-7)11-5-3-4-10(14)13(11)17(20)21/h3-5H,6H2,1-2H3,(H,18,19). The van der Waals surface area contributed by atoms with Crippen LogP contribution in [0.25, 0.3) is 5.69 Å². The summed E-state index contributed by atoms with van der Waals surface area (Å²) in [6.07, 6.45) is -0.188. The van der Waals surface area contributed by atoms with Crippen LogP contribution in [-0.4, -0.2) is 25.8 Å². The lowest BCUT2D eigenvalue weighted by molar-refractivity contribution is -0.384. The number of carboxylic acid groups (broad SMARTS) is 1. The van der Waals surface area contributed by atoms with E-state index in [1.165, 1.54) is 16.8 Å². The smallest absolute Gasteiger partial charge is 0.313 e. The molecule has 8 heteroatoms. The summed E-state index contributed by atoms with van der Waals surface area (Å²) < 4.78 is 1.36. The summed E-state index contributed by atoms with van der Waals surface area (Å²) in [6, 6.07) is 4.53. The van der Waals surface area contributed by atoms with Crippen molar-refractivity contribution in [2.24, 2.45) is 0 Å². The van der Waals surface area contributed by atoms with Gasteiger partial charge in [0.05, 0.1) is 17.0 Å². The van der Waals surface area contributed by atoms with Crippen molar-refractivity contribution in [3.05, 3.63) is 50.3 Å². The van der Waals surface area contributed by atoms with E-state index < -0.39 is 10.9 Å². The number of para-hydroxylation sites is 1. The van der Waals surface area contributed by atoms with Crippen LogP contribution in [0.4, 0.5) is 5.69 Å². The molecule has 0 amide bonds. The zero-order chi connectivity index (χ0) is 15.7. The fraction of sp³-hybridized carbons (Fsp3) is 0.231. The van der Waals surface area contributed by atoms with Crippen LogP contribution < -0.4 is 0 Å². The van der Waals surface area contributed by atoms with E-state index in [9.17, 15) is 14.9 Å². The van der Waals surface area contributed by atoms with Gasteiger partial charge in [-0.3, -0.25) is 14.9 Å². The Bertz CT molecular complexity index is 739. The maximum atomic E-state index is 11.2. The number of hydrogen-bond donors (Lipinski definition) is 1. The fourth-order valence-electron chi connectivity index (χ4n) is 2.17. The maximum absolute atomic E-state index is 11.2. The normalized spacial score (nSPS) is 10.6. The van der Waals surface area contributed by atoms with Crippen LogP contribution in [0, 0.1) is 24.0 Å². The average molecular weight is 310 g/mol. The highest BCUT2D eigenvalue weighted by atomic mass is 35.5. The van der Waals surface area contributed by atoms with Gasteiger partial charge in [0.1, 0.15) is 10.7 Å². The number of halogens is 1. The number of rotatable bonds is 4. The average Bonchev–Trinajstić information content (AvgIpc) is 2.65. The molecule has 0 saturated carbocycles. The van der Waals surface area contributed by atoms with E-state index in [1.807, 2.05) is 0 Å². The summed E-state index contributed by atoms with van der Waals surface area (Å²) in [7, 11) is 0. The van der Waals surface area contributed by atoms with Crippen LogP contribution in [0.5, 0.6) is 0 Å². The second-order valence-corrected chi connectivity index (χ2v) is 4.90. The molecule has 2 aromatic rings. The molecule has 1 heterocycles. The number of nitro groups is 1. The van der Waals surface area contributed by atoms with Gasteiger partial charge < -0.3 is 5.11 Å². The number of carbonyl (C=O) groups is 1. The zero-order valence-electron chi connectivity index (χ0n) is 11.3. The van der Waals surface area contributed by atoms with E-state index in [-0.39, 0.29) is 22.8 Å². The molecule has 0 aliphatic rings. The highest BCUT2D eigenvalue weighted by Crippen LogP contribution is 2.32. The second-order valence-electron chi connectivity index (χ2n) is 4.50. The number of nitrogens with zero attached hydrogens (tertiary/aromatic N) is 3. The van der Waals surface area contributed by atoms with Gasteiger partial charge in [-0.1, -0.05) is 17.7 Å². The van der Waals surface area contributed by atoms with Gasteiger partial charge >= 0.3 is 11.7 Å². The van der Waals surface area contributed by atoms with Crippen LogP contribution >= 0.6 is 11.6 Å². The minimum absolute atomic E-state index is 0.00448. The van der Waals surface area contributed by atoms with Gasteiger partial charge in [0.25, 0.3) is 0 Å². The summed E-state index contributed by atoms with van der Waals surface area (Å²) in [4.78, 5) is 21.5. The highest BCUT2D eigenvalue weighted by Gasteiger charge is 2.23. The molecule has 0 spiro atoms. The van der Waals surface area contributed by atoms with Crippen molar-refractivity contribution < 1.29 is 14.8 Å². The Hall–Kier alpha value is -2.41. The number of hydrogen-bond acceptors (Lipinski definition) is 4. The Kier molecular flexibility index (Phi) is 3.95. The van der Waals surface area contributed by atoms with E-state index in [1.54, 1.807) is 19.9 Å². The molecule has 0 aliphatic carbocycles. The molecule has 21 heavy (non-hydrogen) atoms. The number of benzene rings is 1. The zero-order valence-corrected chi connectivity index (χ0v) is 12.1. The molecule has 2 rings (SSSR count). The fourth-order valence-corrected chi connectivity index (χ4v) is 2.41. The SMILES string of the molecule is Cc1nn(-c2cccc(Cl)c2[N+](=O)[O-])c(C)c1CC(=O)O. The van der Waals surface area contributed by atoms with Gasteiger partial charge in [-0.05, 0) is 26.0 Å². The van der Waals surface area contributed by atoms with Gasteiger partial charge in [-0.15, -0.1) is 0 Å². The number of nitro benzene ring substituents is 1. The van der Waals surface area contributed by atoms with Crippen LogP contribution in [-0.2, 0) is 11.2 Å². The summed E-state index contributed by atoms with van der Waals surface area (Å²) in [5.41, 5.74) is 1.55. The van der Waals surface area contributed by atoms with Gasteiger partial charge in [0.15, 0.2) is 0 Å². The second kappa shape index (κ2) is 5.53. The lowest BCUT2D eigenvalue weighted by Crippen LogP contribution is -2.05. The van der Waals surface area contributed by atoms with Crippen molar-refractivity contribution in [2.75, 3.05) is 0 Å². The molecule has 0 aliphatic heterocycles. The predicted molar refractivity (Wildman–Crippen MR) is 76.0 cm³/mol. The topological polar surface area (TPSA) is 98.3 Å². The minimum Gasteiger partial charge on any atom is -0.481 e. The lowest BCUT2D eigenvalue weighted by Gasteiger charge is -2.07. The van der Waals surface area contributed by atoms with Gasteiger partial charge in [0, 0.05) is 11.3 Å². The first-order chi connectivity index (χ1) is 9.82. The summed E-state index contributed by atoms with van der Waals surface area (Å²) in [5, 5.41) is 24.3. The largest absolute Gasteiger partial charge is 0.481 e. The number of aliphatic carboxylic acids is 1. The third kappa shape index (κ3) is 2.73. The molecule has 0 radical (unpaired) electrons. The molecule has 0 atom stereocenters. The first kappa shape index (κ1) is 15.0. The molecule has 0 fully saturated rings. The van der Waals surface area contributed by atoms with Crippen molar-refractivity contribution >= 4 is 23.3 Å². The Labute approximate surface area is 124 Å². The summed E-state index contributed by atoms with van der Waals surface area (Å²) >= 11 is 5.88. The van der Waals surface area contributed by atoms with Crippen LogP contribution in [0.3, 0.4) is 0 Å². The van der Waals surface area contributed by atoms with Crippen molar-refractivity contribution in [3.8, 4) is 5.69 Å². The van der Waals surface area contributed by atoms with E-state index >= 15 is 0 Å². The molecular weight excluding hydrogens is 298 g/mol. The summed E-state index contributed by atoms with van der Waals surface area (Å²) in [5.74, 6) is -0.985. The molecule has 1 N–H and O–H groups in total. The molecule has 1 aromatic carbocycles. The quantitative estimate of drug-likeness (QED) is 0.691. The van der Waals surface area contributed by atoms with Gasteiger partial charge in [-0.2, -0.15) is 5.10 Å². The van der Waals surface area contributed by atoms with Gasteiger partial charge in [-0.25, -0.2) is 4.68 Å². The first-order valence-corrected chi connectivity index (χ1v) is 6.41. The molecule has 7 nitrogen and oxygen atoms in total. The lowest BCUT2D eigenvalue weighted by atomic mass is 10.1. The molecule has 0 bridgehead atoms. The van der Waals surface area contributed by atoms with Crippen molar-refractivity contribution in [1.29, 1.82) is 0 Å². The van der Waals surface area contributed by atoms with Crippen molar-refractivity contribution in [2.45, 2.75) is 20.3 Å².